The van der Waals surface area contributed by atoms with Crippen molar-refractivity contribution in [3.05, 3.63) is 34.9 Å². The van der Waals surface area contributed by atoms with E-state index in [0.29, 0.717) is 0 Å². The van der Waals surface area contributed by atoms with Crippen LogP contribution in [0.2, 0.25) is 0 Å². The van der Waals surface area contributed by atoms with Crippen molar-refractivity contribution in [3.63, 3.8) is 0 Å². The molecule has 0 heterocycles. The van der Waals surface area contributed by atoms with Gasteiger partial charge < -0.3 is 34.1 Å². The summed E-state index contributed by atoms with van der Waals surface area (Å²) in [5, 5.41) is 13.2. The Morgan fingerprint density at radius 1 is 1.00 bits per heavy atom. The molecule has 0 saturated carbocycles. The van der Waals surface area contributed by atoms with E-state index in [1.165, 1.54) is 11.1 Å². The molecule has 0 aliphatic heterocycles. The molecule has 0 radical (unpaired) electrons. The number of aliphatic carboxylic acids is 1. The van der Waals surface area contributed by atoms with E-state index < -0.39 is 32.2 Å². The summed E-state index contributed by atoms with van der Waals surface area (Å²) in [6.07, 6.45) is 9.78. The van der Waals surface area contributed by atoms with Crippen molar-refractivity contribution >= 4 is 19.7 Å². The van der Waals surface area contributed by atoms with Crippen molar-refractivity contribution in [2.45, 2.75) is 53.4 Å². The van der Waals surface area contributed by atoms with Crippen molar-refractivity contribution in [1.29, 1.82) is 0 Å². The Kier molecular flexibility index (Phi) is 12.6. The molecule has 160 valence electrons. The Morgan fingerprint density at radius 2 is 1.54 bits per heavy atom. The van der Waals surface area contributed by atoms with Gasteiger partial charge in [0, 0.05) is 6.54 Å². The lowest BCUT2D eigenvalue weighted by Crippen LogP contribution is -2.45. The van der Waals surface area contributed by atoms with Crippen molar-refractivity contribution in [3.8, 4) is 0 Å². The summed E-state index contributed by atoms with van der Waals surface area (Å²) in [5.74, 6) is -4.68. The number of hydrogen-bond acceptors (Lipinski definition) is 7. The average molecular weight is 414 g/mol. The van der Waals surface area contributed by atoms with Crippen molar-refractivity contribution < 1.29 is 33.6 Å². The average Bonchev–Trinajstić information content (AvgIpc) is 2.53. The molecule has 1 atom stereocenters. The standard InChI is InChI=1S/C19H32NO7P/c1-14(2)7-5-8-15(3)9-6-10-16(4)11-12-20-18(21)17(19(22)23)13-27-28(24,25)26/h7,9,11,17H,5-6,8,10,12-13H2,1-4H3,(H,20,21)(H,22,23)(H2,24,25,26)/p-3/b15-9+,16-11+. The molecule has 0 spiro atoms. The van der Waals surface area contributed by atoms with Crippen molar-refractivity contribution in [2.75, 3.05) is 13.2 Å². The predicted molar refractivity (Wildman–Crippen MR) is 100 cm³/mol. The number of carboxylic acids is 1. The summed E-state index contributed by atoms with van der Waals surface area (Å²) in [6.45, 7) is 7.11. The first-order valence-electron chi connectivity index (χ1n) is 9.02. The Balaban J connectivity index is 4.36. The van der Waals surface area contributed by atoms with Crippen LogP contribution in [0.25, 0.3) is 0 Å². The van der Waals surface area contributed by atoms with E-state index in [-0.39, 0.29) is 6.54 Å². The highest BCUT2D eigenvalue weighted by molar-refractivity contribution is 7.43. The van der Waals surface area contributed by atoms with Crippen LogP contribution in [-0.2, 0) is 18.7 Å². The highest BCUT2D eigenvalue weighted by atomic mass is 31.2. The lowest BCUT2D eigenvalue weighted by Gasteiger charge is -2.30. The monoisotopic (exact) mass is 414 g/mol. The number of carboxylic acid groups (broad SMARTS) is 1. The van der Waals surface area contributed by atoms with Gasteiger partial charge in [0.2, 0.25) is 5.91 Å². The molecule has 1 N–H and O–H groups in total. The van der Waals surface area contributed by atoms with E-state index in [2.05, 4.69) is 42.8 Å². The molecule has 0 aliphatic carbocycles. The second-order valence-corrected chi connectivity index (χ2v) is 7.97. The topological polar surface area (TPSA) is 142 Å². The van der Waals surface area contributed by atoms with E-state index in [1.54, 1.807) is 6.08 Å². The zero-order chi connectivity index (χ0) is 21.7. The quantitative estimate of drug-likeness (QED) is 0.266. The number of phosphoric acid groups is 1. The van der Waals surface area contributed by atoms with Gasteiger partial charge in [-0.3, -0.25) is 4.79 Å². The van der Waals surface area contributed by atoms with Crippen molar-refractivity contribution in [1.82, 2.24) is 5.32 Å². The molecular weight excluding hydrogens is 385 g/mol. The van der Waals surface area contributed by atoms with Crippen LogP contribution in [0.3, 0.4) is 0 Å². The highest BCUT2D eigenvalue weighted by Crippen LogP contribution is 2.25. The fraction of sp³-hybridized carbons (Fsp3) is 0.579. The highest BCUT2D eigenvalue weighted by Gasteiger charge is 2.20. The Morgan fingerprint density at radius 3 is 2.04 bits per heavy atom. The van der Waals surface area contributed by atoms with Crippen LogP contribution in [0.5, 0.6) is 0 Å². The van der Waals surface area contributed by atoms with Gasteiger partial charge in [0.25, 0.3) is 0 Å². The van der Waals surface area contributed by atoms with Gasteiger partial charge >= 0.3 is 0 Å². The molecule has 0 aromatic carbocycles. The second-order valence-electron chi connectivity index (χ2n) is 6.82. The zero-order valence-corrected chi connectivity index (χ0v) is 17.8. The first kappa shape index (κ1) is 26.3. The van der Waals surface area contributed by atoms with Gasteiger partial charge in [0.1, 0.15) is 5.92 Å². The fourth-order valence-electron chi connectivity index (χ4n) is 2.20. The van der Waals surface area contributed by atoms with E-state index in [4.69, 9.17) is 0 Å². The van der Waals surface area contributed by atoms with Crippen LogP contribution in [0.4, 0.5) is 0 Å². The molecule has 9 heteroatoms. The van der Waals surface area contributed by atoms with Gasteiger partial charge in [-0.2, -0.15) is 0 Å². The van der Waals surface area contributed by atoms with Gasteiger partial charge in [-0.05, 0) is 53.4 Å². The summed E-state index contributed by atoms with van der Waals surface area (Å²) in [5.41, 5.74) is 3.62. The Bertz CT molecular complexity index is 657. The summed E-state index contributed by atoms with van der Waals surface area (Å²) in [4.78, 5) is 43.5. The number of carbonyl (C=O) groups is 2. The molecule has 0 fully saturated rings. The lowest BCUT2D eigenvalue weighted by atomic mass is 10.1. The third kappa shape index (κ3) is 14.3. The second kappa shape index (κ2) is 13.4. The first-order valence-corrected chi connectivity index (χ1v) is 10.5. The minimum Gasteiger partial charge on any atom is -0.790 e. The number of amides is 1. The minimum absolute atomic E-state index is 0.0735. The Hall–Kier alpha value is -1.73. The van der Waals surface area contributed by atoms with Crippen LogP contribution >= 0.6 is 7.82 Å². The van der Waals surface area contributed by atoms with Gasteiger partial charge in [-0.1, -0.05) is 34.9 Å². The largest absolute Gasteiger partial charge is 0.790 e. The molecule has 0 saturated heterocycles. The van der Waals surface area contributed by atoms with Crippen LogP contribution in [0, 0.1) is 5.92 Å². The summed E-state index contributed by atoms with van der Waals surface area (Å²) < 4.78 is 14.3. The normalized spacial score (nSPS) is 13.8. The molecular formula is C19H29NO7P-3. The molecule has 0 aromatic heterocycles. The molecule has 0 rings (SSSR count). The third-order valence-electron chi connectivity index (χ3n) is 3.85. The maximum absolute atomic E-state index is 11.8. The van der Waals surface area contributed by atoms with Crippen LogP contribution in [0.1, 0.15) is 53.4 Å². The van der Waals surface area contributed by atoms with Gasteiger partial charge in [0.15, 0.2) is 0 Å². The number of hydrogen-bond donors (Lipinski definition) is 1. The maximum atomic E-state index is 11.8. The molecule has 0 aromatic rings. The van der Waals surface area contributed by atoms with Gasteiger partial charge in [-0.15, -0.1) is 0 Å². The zero-order valence-electron chi connectivity index (χ0n) is 16.9. The Labute approximate surface area is 166 Å². The molecule has 0 bridgehead atoms. The predicted octanol–water partition coefficient (Wildman–Crippen LogP) is 0.733. The van der Waals surface area contributed by atoms with E-state index in [1.807, 2.05) is 6.92 Å². The SMILES string of the molecule is CC(C)=CCC/C(C)=C/CC/C(C)=C/CNC(=O)C(COP(=O)([O-])[O-])C(=O)[O-]. The number of phosphoric ester groups is 1. The molecule has 1 unspecified atom stereocenters. The third-order valence-corrected chi connectivity index (χ3v) is 4.32. The van der Waals surface area contributed by atoms with Crippen molar-refractivity contribution in [2.24, 2.45) is 5.92 Å². The molecule has 0 aliphatic rings. The summed E-state index contributed by atoms with van der Waals surface area (Å²) >= 11 is 0. The smallest absolute Gasteiger partial charge is 0.231 e. The molecule has 1 amide bonds. The van der Waals surface area contributed by atoms with Crippen LogP contribution in [-0.4, -0.2) is 25.0 Å². The minimum atomic E-state index is -5.37. The molecule has 28 heavy (non-hydrogen) atoms. The van der Waals surface area contributed by atoms with Crippen LogP contribution < -0.4 is 20.2 Å². The first-order chi connectivity index (χ1) is 12.9. The lowest BCUT2D eigenvalue weighted by molar-refractivity contribution is -0.342. The van der Waals surface area contributed by atoms with Gasteiger partial charge in [0.05, 0.1) is 20.4 Å². The molecule has 8 nitrogen and oxygen atoms in total. The fourth-order valence-corrected chi connectivity index (χ4v) is 2.54. The van der Waals surface area contributed by atoms with Crippen LogP contribution in [0.15, 0.2) is 34.9 Å². The number of nitrogens with one attached hydrogen (secondary N) is 1. The maximum Gasteiger partial charge on any atom is 0.231 e. The van der Waals surface area contributed by atoms with E-state index in [0.717, 1.165) is 31.3 Å². The van der Waals surface area contributed by atoms with Gasteiger partial charge in [-0.25, -0.2) is 0 Å². The van der Waals surface area contributed by atoms with E-state index >= 15 is 0 Å². The summed E-state index contributed by atoms with van der Waals surface area (Å²) in [7, 11) is -5.37. The number of allylic oxidation sites excluding steroid dienone is 5. The number of rotatable bonds is 13. The number of carbonyl (C=O) groups excluding carboxylic acids is 2. The van der Waals surface area contributed by atoms with E-state index in [9.17, 15) is 29.0 Å². The summed E-state index contributed by atoms with van der Waals surface area (Å²) in [6, 6.07) is 0.